The predicted octanol–water partition coefficient (Wildman–Crippen LogP) is -1.18. The van der Waals surface area contributed by atoms with E-state index in [9.17, 15) is 4.79 Å². The number of aliphatic carboxylic acids is 1. The van der Waals surface area contributed by atoms with E-state index in [4.69, 9.17) is 15.5 Å². The summed E-state index contributed by atoms with van der Waals surface area (Å²) < 4.78 is 0. The molecule has 0 saturated heterocycles. The van der Waals surface area contributed by atoms with Gasteiger partial charge in [-0.3, -0.25) is 4.79 Å². The van der Waals surface area contributed by atoms with Crippen molar-refractivity contribution in [3.8, 4) is 6.07 Å². The van der Waals surface area contributed by atoms with Crippen molar-refractivity contribution in [2.45, 2.75) is 18.9 Å². The summed E-state index contributed by atoms with van der Waals surface area (Å²) in [6.07, 6.45) is -1.49. The fraction of sp³-hybridized carbons (Fsp3) is 0.600. The number of hydrogen-bond donors (Lipinski definition) is 2. The quantitative estimate of drug-likeness (QED) is 0.524. The van der Waals surface area contributed by atoms with Gasteiger partial charge in [0.15, 0.2) is 0 Å². The molecule has 10 heavy (non-hydrogen) atoms. The summed E-state index contributed by atoms with van der Waals surface area (Å²) in [6, 6.07) is 1.66. The van der Waals surface area contributed by atoms with Gasteiger partial charge < -0.3 is 10.2 Å². The van der Waals surface area contributed by atoms with Crippen LogP contribution >= 0.6 is 0 Å². The molecule has 5 heteroatoms. The van der Waals surface area contributed by atoms with Gasteiger partial charge in [0.25, 0.3) is 0 Å². The van der Waals surface area contributed by atoms with Crippen molar-refractivity contribution < 1.29 is 15.0 Å². The molecule has 2 N–H and O–H groups in total. The third-order valence-corrected chi connectivity index (χ3v) is 0.737. The van der Waals surface area contributed by atoms with E-state index in [0.717, 1.165) is 0 Å². The number of carbonyl (C=O) groups is 1. The van der Waals surface area contributed by atoms with Crippen LogP contribution in [0.3, 0.4) is 0 Å². The Labute approximate surface area is 88.5 Å². The number of carboxylic acids is 1. The molecule has 0 aromatic rings. The molecule has 0 unspecified atom stereocenters. The molecule has 0 rings (SSSR count). The minimum absolute atomic E-state index is 0. The molecule has 0 heterocycles. The molecule has 0 saturated carbocycles. The summed E-state index contributed by atoms with van der Waals surface area (Å²) in [7, 11) is 0. The van der Waals surface area contributed by atoms with Crippen molar-refractivity contribution in [1.29, 1.82) is 5.26 Å². The van der Waals surface area contributed by atoms with Crippen LogP contribution in [-0.2, 0) is 4.79 Å². The second-order valence-corrected chi connectivity index (χ2v) is 1.61. The normalized spacial score (nSPS) is 10.8. The summed E-state index contributed by atoms with van der Waals surface area (Å²) in [5.41, 5.74) is 0. The van der Waals surface area contributed by atoms with Crippen LogP contribution in [0.15, 0.2) is 0 Å². The number of nitriles is 1. The summed E-state index contributed by atoms with van der Waals surface area (Å²) in [5, 5.41) is 24.6. The van der Waals surface area contributed by atoms with Crippen molar-refractivity contribution in [3.05, 3.63) is 0 Å². The Kier molecular flexibility index (Phi) is 9.34. The molecule has 0 aromatic heterocycles. The van der Waals surface area contributed by atoms with Crippen LogP contribution in [0, 0.1) is 11.3 Å². The van der Waals surface area contributed by atoms with Crippen LogP contribution in [-0.4, -0.2) is 60.0 Å². The monoisotopic (exact) mass is 171 g/mol. The molecule has 0 radical (unpaired) electrons. The Morgan fingerprint density at radius 1 is 1.70 bits per heavy atom. The van der Waals surface area contributed by atoms with Crippen molar-refractivity contribution in [2.24, 2.45) is 0 Å². The summed E-state index contributed by atoms with van der Waals surface area (Å²) in [5.74, 6) is -1.09. The van der Waals surface area contributed by atoms with Gasteiger partial charge >= 0.3 is 43.7 Å². The fourth-order valence-electron chi connectivity index (χ4n) is 0.379. The van der Waals surface area contributed by atoms with Gasteiger partial charge in [-0.05, 0) is 0 Å². The number of nitrogens with zero attached hydrogens (tertiary/aromatic N) is 1. The molecule has 0 fully saturated rings. The van der Waals surface area contributed by atoms with E-state index in [2.05, 4.69) is 0 Å². The number of carboxylic acid groups (broad SMARTS) is 1. The van der Waals surface area contributed by atoms with E-state index in [0.29, 0.717) is 0 Å². The predicted molar refractivity (Wildman–Crippen MR) is 37.0 cm³/mol. The molecule has 4 nitrogen and oxygen atoms in total. The van der Waals surface area contributed by atoms with E-state index in [1.807, 2.05) is 0 Å². The van der Waals surface area contributed by atoms with Gasteiger partial charge in [0.1, 0.15) is 0 Å². The Morgan fingerprint density at radius 2 is 2.20 bits per heavy atom. The SMILES string of the molecule is N#CC[C@@H](O)CC(=O)O.[CaH2]. The maximum absolute atomic E-state index is 9.82. The molecule has 54 valence electrons. The molecule has 0 aliphatic heterocycles. The number of hydrogen-bond acceptors (Lipinski definition) is 3. The fourth-order valence-corrected chi connectivity index (χ4v) is 0.379. The second kappa shape index (κ2) is 7.29. The van der Waals surface area contributed by atoms with Crippen LogP contribution in [0.2, 0.25) is 0 Å². The van der Waals surface area contributed by atoms with Crippen molar-refractivity contribution in [1.82, 2.24) is 0 Å². The molecular formula is C5H9CaNO3. The minimum atomic E-state index is -1.09. The van der Waals surface area contributed by atoms with Gasteiger partial charge in [-0.15, -0.1) is 0 Å². The van der Waals surface area contributed by atoms with E-state index in [-0.39, 0.29) is 50.6 Å². The van der Waals surface area contributed by atoms with Crippen LogP contribution in [0.25, 0.3) is 0 Å². The Hall–Kier alpha value is 0.180. The molecular weight excluding hydrogens is 162 g/mol. The number of rotatable bonds is 3. The molecule has 1 atom stereocenters. The zero-order valence-electron chi connectivity index (χ0n) is 4.74. The van der Waals surface area contributed by atoms with Crippen molar-refractivity contribution >= 4 is 43.7 Å². The molecule has 0 aliphatic rings. The van der Waals surface area contributed by atoms with Gasteiger partial charge in [-0.25, -0.2) is 0 Å². The zero-order chi connectivity index (χ0) is 7.28. The molecule has 0 amide bonds. The summed E-state index contributed by atoms with van der Waals surface area (Å²) >= 11 is 0. The van der Waals surface area contributed by atoms with Gasteiger partial charge in [-0.2, -0.15) is 5.26 Å². The van der Waals surface area contributed by atoms with Crippen LogP contribution in [0.5, 0.6) is 0 Å². The van der Waals surface area contributed by atoms with E-state index in [1.54, 1.807) is 6.07 Å². The number of aliphatic hydroxyl groups is 1. The summed E-state index contributed by atoms with van der Waals surface area (Å²) in [6.45, 7) is 0. The standard InChI is InChI=1S/C5H7NO3.Ca.2H/c6-2-1-4(7)3-5(8)9;;;/h4,7H,1,3H2,(H,8,9);;;/t4-;;;/m1.../s1. The number of aliphatic hydroxyl groups excluding tert-OH is 1. The van der Waals surface area contributed by atoms with Crippen LogP contribution in [0.1, 0.15) is 12.8 Å². The van der Waals surface area contributed by atoms with Crippen molar-refractivity contribution in [3.63, 3.8) is 0 Å². The van der Waals surface area contributed by atoms with Gasteiger partial charge in [0, 0.05) is 0 Å². The van der Waals surface area contributed by atoms with E-state index in [1.165, 1.54) is 0 Å². The van der Waals surface area contributed by atoms with E-state index < -0.39 is 12.1 Å². The first-order valence-electron chi connectivity index (χ1n) is 2.43. The Balaban J connectivity index is 0. The Morgan fingerprint density at radius 3 is 2.50 bits per heavy atom. The maximum atomic E-state index is 9.82. The average molecular weight is 171 g/mol. The topological polar surface area (TPSA) is 81.3 Å². The van der Waals surface area contributed by atoms with Gasteiger partial charge in [0.05, 0.1) is 25.0 Å². The van der Waals surface area contributed by atoms with Gasteiger partial charge in [0.2, 0.25) is 0 Å². The molecule has 0 spiro atoms. The zero-order valence-corrected chi connectivity index (χ0v) is 4.74. The first kappa shape index (κ1) is 12.8. The third-order valence-electron chi connectivity index (χ3n) is 0.737. The Bertz CT molecular complexity index is 142. The average Bonchev–Trinajstić information content (AvgIpc) is 1.63. The van der Waals surface area contributed by atoms with Crippen LogP contribution in [0.4, 0.5) is 0 Å². The third kappa shape index (κ3) is 8.18. The molecule has 0 aromatic carbocycles. The van der Waals surface area contributed by atoms with Crippen molar-refractivity contribution in [2.75, 3.05) is 0 Å². The summed E-state index contributed by atoms with van der Waals surface area (Å²) in [4.78, 5) is 9.82. The second-order valence-electron chi connectivity index (χ2n) is 1.61. The van der Waals surface area contributed by atoms with Crippen LogP contribution < -0.4 is 0 Å². The first-order valence-corrected chi connectivity index (χ1v) is 2.43. The van der Waals surface area contributed by atoms with E-state index >= 15 is 0 Å². The molecule has 0 bridgehead atoms. The first-order chi connectivity index (χ1) is 4.16. The molecule has 0 aliphatic carbocycles. The van der Waals surface area contributed by atoms with Gasteiger partial charge in [-0.1, -0.05) is 0 Å².